The number of urea groups is 1. The van der Waals surface area contributed by atoms with Gasteiger partial charge in [-0.1, -0.05) is 0 Å². The summed E-state index contributed by atoms with van der Waals surface area (Å²) in [5.41, 5.74) is 3.25. The molecule has 8 heteroatoms. The van der Waals surface area contributed by atoms with E-state index >= 15 is 0 Å². The fourth-order valence-corrected chi connectivity index (χ4v) is 3.76. The van der Waals surface area contributed by atoms with Gasteiger partial charge in [-0.05, 0) is 50.6 Å². The summed E-state index contributed by atoms with van der Waals surface area (Å²) in [6, 6.07) is 8.59. The highest BCUT2D eigenvalue weighted by atomic mass is 16.2. The van der Waals surface area contributed by atoms with E-state index in [1.54, 1.807) is 24.3 Å². The lowest BCUT2D eigenvalue weighted by molar-refractivity contribution is -0.117. The molecule has 2 saturated heterocycles. The Kier molecular flexibility index (Phi) is 4.18. The summed E-state index contributed by atoms with van der Waals surface area (Å²) in [5.74, 6) is -0.361. The molecule has 0 aliphatic carbocycles. The van der Waals surface area contributed by atoms with E-state index in [4.69, 9.17) is 0 Å². The standard InChI is InChI=1S/C19H21N5O3/c1-12-9-13(2)24(21-12)16-7-8-22(10-16)18(26)14-3-5-15(6-4-14)23-11-17(25)20-19(23)27/h3-6,9,16H,7-8,10-11H2,1-2H3,(H,20,25,27)/t16-/m1/s1. The van der Waals surface area contributed by atoms with E-state index in [0.717, 1.165) is 17.8 Å². The first-order chi connectivity index (χ1) is 12.9. The Labute approximate surface area is 156 Å². The summed E-state index contributed by atoms with van der Waals surface area (Å²) in [6.45, 7) is 5.32. The van der Waals surface area contributed by atoms with E-state index in [1.165, 1.54) is 4.90 Å². The van der Waals surface area contributed by atoms with Gasteiger partial charge in [-0.25, -0.2) is 4.79 Å². The fraction of sp³-hybridized carbons (Fsp3) is 0.368. The maximum atomic E-state index is 12.8. The highest BCUT2D eigenvalue weighted by Gasteiger charge is 2.30. The van der Waals surface area contributed by atoms with Crippen LogP contribution in [0.5, 0.6) is 0 Å². The minimum atomic E-state index is -0.439. The van der Waals surface area contributed by atoms with Crippen LogP contribution in [0.2, 0.25) is 0 Å². The molecule has 1 aromatic carbocycles. The van der Waals surface area contributed by atoms with E-state index < -0.39 is 6.03 Å². The van der Waals surface area contributed by atoms with Crippen molar-refractivity contribution in [3.63, 3.8) is 0 Å². The van der Waals surface area contributed by atoms with Gasteiger partial charge in [0, 0.05) is 30.0 Å². The summed E-state index contributed by atoms with van der Waals surface area (Å²) >= 11 is 0. The van der Waals surface area contributed by atoms with Crippen LogP contribution in [0.15, 0.2) is 30.3 Å². The predicted molar refractivity (Wildman–Crippen MR) is 98.6 cm³/mol. The van der Waals surface area contributed by atoms with Gasteiger partial charge >= 0.3 is 6.03 Å². The molecular weight excluding hydrogens is 346 g/mol. The second-order valence-electron chi connectivity index (χ2n) is 7.05. The van der Waals surface area contributed by atoms with Crippen molar-refractivity contribution in [3.8, 4) is 0 Å². The van der Waals surface area contributed by atoms with Gasteiger partial charge in [0.25, 0.3) is 5.91 Å². The number of aromatic nitrogens is 2. The molecule has 8 nitrogen and oxygen atoms in total. The van der Waals surface area contributed by atoms with Gasteiger partial charge in [-0.3, -0.25) is 24.5 Å². The van der Waals surface area contributed by atoms with Crippen LogP contribution in [-0.4, -0.2) is 52.2 Å². The maximum Gasteiger partial charge on any atom is 0.329 e. The lowest BCUT2D eigenvalue weighted by Crippen LogP contribution is -2.30. The molecule has 2 aliphatic rings. The van der Waals surface area contributed by atoms with E-state index in [-0.39, 0.29) is 24.4 Å². The minimum absolute atomic E-state index is 0.00255. The molecule has 2 fully saturated rings. The number of nitrogens with one attached hydrogen (secondary N) is 1. The number of hydrogen-bond donors (Lipinski definition) is 1. The monoisotopic (exact) mass is 367 g/mol. The summed E-state index contributed by atoms with van der Waals surface area (Å²) < 4.78 is 2.01. The summed E-state index contributed by atoms with van der Waals surface area (Å²) in [5, 5.41) is 6.77. The number of nitrogens with zero attached hydrogens (tertiary/aromatic N) is 4. The van der Waals surface area contributed by atoms with Crippen molar-refractivity contribution in [2.24, 2.45) is 0 Å². The Morgan fingerprint density at radius 1 is 1.19 bits per heavy atom. The third-order valence-electron chi connectivity index (χ3n) is 5.06. The third-order valence-corrected chi connectivity index (χ3v) is 5.06. The first-order valence-corrected chi connectivity index (χ1v) is 8.96. The van der Waals surface area contributed by atoms with Gasteiger partial charge in [-0.15, -0.1) is 0 Å². The Morgan fingerprint density at radius 2 is 1.93 bits per heavy atom. The lowest BCUT2D eigenvalue weighted by atomic mass is 10.1. The number of rotatable bonds is 3. The van der Waals surface area contributed by atoms with Crippen molar-refractivity contribution in [2.75, 3.05) is 24.5 Å². The van der Waals surface area contributed by atoms with Crippen LogP contribution < -0.4 is 10.2 Å². The molecule has 3 heterocycles. The van der Waals surface area contributed by atoms with Crippen molar-refractivity contribution >= 4 is 23.5 Å². The quantitative estimate of drug-likeness (QED) is 0.836. The van der Waals surface area contributed by atoms with Gasteiger partial charge < -0.3 is 4.90 Å². The number of aryl methyl sites for hydroxylation is 2. The zero-order chi connectivity index (χ0) is 19.1. The summed E-state index contributed by atoms with van der Waals surface area (Å²) in [6.07, 6.45) is 0.877. The van der Waals surface area contributed by atoms with E-state index in [9.17, 15) is 14.4 Å². The average molecular weight is 367 g/mol. The zero-order valence-corrected chi connectivity index (χ0v) is 15.3. The van der Waals surface area contributed by atoms with Gasteiger partial charge in [0.2, 0.25) is 5.91 Å². The smallest absolute Gasteiger partial charge is 0.329 e. The Morgan fingerprint density at radius 3 is 2.52 bits per heavy atom. The molecular formula is C19H21N5O3. The normalized spacial score (nSPS) is 19.7. The number of anilines is 1. The fourth-order valence-electron chi connectivity index (χ4n) is 3.76. The molecule has 0 unspecified atom stereocenters. The van der Waals surface area contributed by atoms with E-state index in [1.807, 2.05) is 29.5 Å². The molecule has 0 saturated carbocycles. The number of benzene rings is 1. The molecule has 2 aliphatic heterocycles. The van der Waals surface area contributed by atoms with Crippen molar-refractivity contribution in [3.05, 3.63) is 47.3 Å². The summed E-state index contributed by atoms with van der Waals surface area (Å²) in [7, 11) is 0. The maximum absolute atomic E-state index is 12.8. The third kappa shape index (κ3) is 3.18. The molecule has 0 bridgehead atoms. The predicted octanol–water partition coefficient (Wildman–Crippen LogP) is 1.64. The van der Waals surface area contributed by atoms with E-state index in [0.29, 0.717) is 24.3 Å². The van der Waals surface area contributed by atoms with Crippen LogP contribution in [0.25, 0.3) is 0 Å². The number of carbonyl (C=O) groups is 3. The molecule has 4 rings (SSSR count). The molecule has 1 aromatic heterocycles. The first kappa shape index (κ1) is 17.3. The molecule has 0 spiro atoms. The molecule has 1 atom stereocenters. The van der Waals surface area contributed by atoms with Gasteiger partial charge in [-0.2, -0.15) is 5.10 Å². The SMILES string of the molecule is Cc1cc(C)n([C@@H]2CCN(C(=O)c3ccc(N4CC(=O)NC4=O)cc3)C2)n1. The van der Waals surface area contributed by atoms with Crippen molar-refractivity contribution < 1.29 is 14.4 Å². The molecule has 27 heavy (non-hydrogen) atoms. The number of likely N-dealkylation sites (tertiary alicyclic amines) is 1. The van der Waals surface area contributed by atoms with Crippen LogP contribution in [0.1, 0.15) is 34.2 Å². The number of imide groups is 1. The van der Waals surface area contributed by atoms with Crippen molar-refractivity contribution in [1.82, 2.24) is 20.0 Å². The number of hydrogen-bond acceptors (Lipinski definition) is 4. The Bertz CT molecular complexity index is 918. The van der Waals surface area contributed by atoms with Gasteiger partial charge in [0.1, 0.15) is 6.54 Å². The Balaban J connectivity index is 1.45. The molecule has 4 amide bonds. The topological polar surface area (TPSA) is 87.5 Å². The molecule has 2 aromatic rings. The average Bonchev–Trinajstić information content (AvgIpc) is 3.33. The van der Waals surface area contributed by atoms with Crippen LogP contribution in [-0.2, 0) is 4.79 Å². The minimum Gasteiger partial charge on any atom is -0.336 e. The van der Waals surface area contributed by atoms with Gasteiger partial charge in [0.15, 0.2) is 0 Å². The summed E-state index contributed by atoms with van der Waals surface area (Å²) in [4.78, 5) is 39.0. The van der Waals surface area contributed by atoms with E-state index in [2.05, 4.69) is 10.4 Å². The Hall–Kier alpha value is -3.16. The van der Waals surface area contributed by atoms with Crippen LogP contribution in [0, 0.1) is 13.8 Å². The van der Waals surface area contributed by atoms with Crippen molar-refractivity contribution in [2.45, 2.75) is 26.3 Å². The second-order valence-corrected chi connectivity index (χ2v) is 7.05. The highest BCUT2D eigenvalue weighted by Crippen LogP contribution is 2.25. The molecule has 0 radical (unpaired) electrons. The largest absolute Gasteiger partial charge is 0.336 e. The molecule has 140 valence electrons. The van der Waals surface area contributed by atoms with Crippen LogP contribution >= 0.6 is 0 Å². The number of carbonyl (C=O) groups excluding carboxylic acids is 3. The first-order valence-electron chi connectivity index (χ1n) is 8.96. The lowest BCUT2D eigenvalue weighted by Gasteiger charge is -2.18. The molecule has 1 N–H and O–H groups in total. The van der Waals surface area contributed by atoms with Crippen LogP contribution in [0.4, 0.5) is 10.5 Å². The van der Waals surface area contributed by atoms with Crippen molar-refractivity contribution in [1.29, 1.82) is 0 Å². The highest BCUT2D eigenvalue weighted by molar-refractivity contribution is 6.12. The van der Waals surface area contributed by atoms with Gasteiger partial charge in [0.05, 0.1) is 11.7 Å². The zero-order valence-electron chi connectivity index (χ0n) is 15.3. The van der Waals surface area contributed by atoms with Crippen LogP contribution in [0.3, 0.4) is 0 Å². The second kappa shape index (κ2) is 6.53. The number of amides is 4.